The molecule has 0 radical (unpaired) electrons. The predicted octanol–water partition coefficient (Wildman–Crippen LogP) is 4.07. The van der Waals surface area contributed by atoms with Crippen LogP contribution in [-0.2, 0) is 9.63 Å². The Bertz CT molecular complexity index is 1370. The fourth-order valence-corrected chi connectivity index (χ4v) is 5.15. The predicted molar refractivity (Wildman–Crippen MR) is 145 cm³/mol. The number of rotatable bonds is 5. The molecule has 2 heterocycles. The largest absolute Gasteiger partial charge is 0.379 e. The van der Waals surface area contributed by atoms with Crippen LogP contribution in [0, 0.1) is 18.6 Å². The Morgan fingerprint density at radius 3 is 2.49 bits per heavy atom. The van der Waals surface area contributed by atoms with E-state index in [4.69, 9.17) is 4.84 Å². The van der Waals surface area contributed by atoms with E-state index in [0.29, 0.717) is 25.9 Å². The van der Waals surface area contributed by atoms with Gasteiger partial charge in [-0.3, -0.25) is 9.59 Å². The van der Waals surface area contributed by atoms with Gasteiger partial charge >= 0.3 is 0 Å². The molecule has 2 aromatic rings. The van der Waals surface area contributed by atoms with Gasteiger partial charge < -0.3 is 20.0 Å². The van der Waals surface area contributed by atoms with E-state index in [1.165, 1.54) is 6.07 Å². The van der Waals surface area contributed by atoms with Crippen molar-refractivity contribution in [1.29, 1.82) is 0 Å². The van der Waals surface area contributed by atoms with Crippen LogP contribution in [-0.4, -0.2) is 72.2 Å². The van der Waals surface area contributed by atoms with Gasteiger partial charge in [-0.1, -0.05) is 41.6 Å². The van der Waals surface area contributed by atoms with E-state index in [9.17, 15) is 18.4 Å². The SMILES string of the molecule is Cc1ccc(C2=NOC(C)(C(=O)N3CCN(C)CC3)C2)cc1C1=CCC(NC(=O)c2c(F)cccc2F)C=C1. The van der Waals surface area contributed by atoms with E-state index < -0.39 is 34.7 Å². The topological polar surface area (TPSA) is 74.2 Å². The van der Waals surface area contributed by atoms with Crippen molar-refractivity contribution in [2.24, 2.45) is 5.16 Å². The molecule has 204 valence electrons. The minimum absolute atomic E-state index is 0.0389. The first kappa shape index (κ1) is 26.7. The molecule has 1 aliphatic carbocycles. The number of aryl methyl sites for hydroxylation is 1. The number of hydrogen-bond donors (Lipinski definition) is 1. The molecule has 39 heavy (non-hydrogen) atoms. The van der Waals surface area contributed by atoms with Crippen molar-refractivity contribution in [3.63, 3.8) is 0 Å². The Morgan fingerprint density at radius 2 is 1.82 bits per heavy atom. The van der Waals surface area contributed by atoms with Crippen molar-refractivity contribution in [2.75, 3.05) is 33.2 Å². The molecule has 5 rings (SSSR count). The lowest BCUT2D eigenvalue weighted by Gasteiger charge is -2.36. The summed E-state index contributed by atoms with van der Waals surface area (Å²) in [6.45, 7) is 6.84. The third-order valence-corrected chi connectivity index (χ3v) is 7.59. The van der Waals surface area contributed by atoms with Gasteiger partial charge in [-0.05, 0) is 62.2 Å². The number of oxime groups is 1. The Morgan fingerprint density at radius 1 is 1.10 bits per heavy atom. The molecule has 1 saturated heterocycles. The maximum absolute atomic E-state index is 14.0. The highest BCUT2D eigenvalue weighted by Crippen LogP contribution is 2.32. The van der Waals surface area contributed by atoms with Crippen LogP contribution in [0.25, 0.3) is 5.57 Å². The molecule has 0 spiro atoms. The van der Waals surface area contributed by atoms with E-state index in [1.54, 1.807) is 6.92 Å². The van der Waals surface area contributed by atoms with E-state index in [1.807, 2.05) is 55.3 Å². The number of carbonyl (C=O) groups excluding carboxylic acids is 2. The number of nitrogens with zero attached hydrogens (tertiary/aromatic N) is 3. The summed E-state index contributed by atoms with van der Waals surface area (Å²) in [5, 5.41) is 6.99. The number of likely N-dealkylation sites (N-methyl/N-ethyl adjacent to an activating group) is 1. The van der Waals surface area contributed by atoms with Gasteiger partial charge in [-0.15, -0.1) is 0 Å². The minimum Gasteiger partial charge on any atom is -0.379 e. The lowest BCUT2D eigenvalue weighted by molar-refractivity contribution is -0.154. The van der Waals surface area contributed by atoms with Gasteiger partial charge in [-0.25, -0.2) is 8.78 Å². The zero-order chi connectivity index (χ0) is 27.7. The second-order valence-corrected chi connectivity index (χ2v) is 10.6. The Labute approximate surface area is 226 Å². The third kappa shape index (κ3) is 5.49. The standard InChI is InChI=1S/C30H32F2N4O3/c1-19-7-8-21(26-18-30(2,39-34-26)29(38)36-15-13-35(3)14-16-36)17-23(19)20-9-11-22(12-10-20)33-28(37)27-24(31)5-4-6-25(27)32/h4-11,17,22H,12-16,18H2,1-3H3,(H,33,37). The van der Waals surface area contributed by atoms with Crippen LogP contribution < -0.4 is 5.32 Å². The first-order chi connectivity index (χ1) is 18.6. The maximum Gasteiger partial charge on any atom is 0.269 e. The van der Waals surface area contributed by atoms with Crippen LogP contribution in [0.4, 0.5) is 8.78 Å². The van der Waals surface area contributed by atoms with Crippen molar-refractivity contribution >= 4 is 23.1 Å². The number of benzene rings is 2. The van der Waals surface area contributed by atoms with E-state index in [0.717, 1.165) is 53.2 Å². The molecule has 2 atom stereocenters. The molecule has 1 N–H and O–H groups in total. The van der Waals surface area contributed by atoms with Crippen molar-refractivity contribution in [3.8, 4) is 0 Å². The summed E-state index contributed by atoms with van der Waals surface area (Å²) in [5.41, 5.74) is 3.01. The van der Waals surface area contributed by atoms with Gasteiger partial charge in [0.05, 0.1) is 11.8 Å². The fraction of sp³-hybridized carbons (Fsp3) is 0.367. The number of allylic oxidation sites excluding steroid dienone is 2. The third-order valence-electron chi connectivity index (χ3n) is 7.59. The summed E-state index contributed by atoms with van der Waals surface area (Å²) >= 11 is 0. The summed E-state index contributed by atoms with van der Waals surface area (Å²) in [5.74, 6) is -2.61. The zero-order valence-corrected chi connectivity index (χ0v) is 22.3. The number of piperazine rings is 1. The van der Waals surface area contributed by atoms with Crippen LogP contribution in [0.2, 0.25) is 0 Å². The number of nitrogens with one attached hydrogen (secondary N) is 1. The van der Waals surface area contributed by atoms with Crippen LogP contribution in [0.15, 0.2) is 59.8 Å². The first-order valence-corrected chi connectivity index (χ1v) is 13.1. The highest BCUT2D eigenvalue weighted by molar-refractivity contribution is 6.06. The molecule has 0 saturated carbocycles. The number of carbonyl (C=O) groups is 2. The van der Waals surface area contributed by atoms with Crippen molar-refractivity contribution in [1.82, 2.24) is 15.1 Å². The molecule has 2 aromatic carbocycles. The van der Waals surface area contributed by atoms with E-state index in [-0.39, 0.29) is 5.91 Å². The molecule has 0 bridgehead atoms. The molecule has 3 aliphatic rings. The minimum atomic E-state index is -1.02. The smallest absolute Gasteiger partial charge is 0.269 e. The Hall–Kier alpha value is -3.85. The molecule has 2 aliphatic heterocycles. The second-order valence-electron chi connectivity index (χ2n) is 10.6. The lowest BCUT2D eigenvalue weighted by Crippen LogP contribution is -2.54. The molecule has 2 amide bonds. The quantitative estimate of drug-likeness (QED) is 0.628. The Balaban J connectivity index is 1.26. The number of hydrogen-bond acceptors (Lipinski definition) is 5. The van der Waals surface area contributed by atoms with Crippen LogP contribution in [0.5, 0.6) is 0 Å². The molecule has 0 aromatic heterocycles. The van der Waals surface area contributed by atoms with E-state index in [2.05, 4.69) is 15.4 Å². The number of halogens is 2. The fourth-order valence-electron chi connectivity index (χ4n) is 5.15. The summed E-state index contributed by atoms with van der Waals surface area (Å²) < 4.78 is 28.0. The van der Waals surface area contributed by atoms with Crippen molar-refractivity contribution in [3.05, 3.63) is 88.5 Å². The average Bonchev–Trinajstić information content (AvgIpc) is 3.32. The Kier molecular flexibility index (Phi) is 7.36. The highest BCUT2D eigenvalue weighted by Gasteiger charge is 2.45. The second kappa shape index (κ2) is 10.7. The monoisotopic (exact) mass is 534 g/mol. The average molecular weight is 535 g/mol. The molecule has 7 nitrogen and oxygen atoms in total. The van der Waals surface area contributed by atoms with Crippen LogP contribution >= 0.6 is 0 Å². The maximum atomic E-state index is 14.0. The van der Waals surface area contributed by atoms with Crippen molar-refractivity contribution in [2.45, 2.75) is 38.3 Å². The zero-order valence-electron chi connectivity index (χ0n) is 22.3. The summed E-state index contributed by atoms with van der Waals surface area (Å²) in [4.78, 5) is 35.5. The highest BCUT2D eigenvalue weighted by atomic mass is 19.1. The summed E-state index contributed by atoms with van der Waals surface area (Å²) in [6, 6.07) is 8.98. The van der Waals surface area contributed by atoms with Crippen molar-refractivity contribution < 1.29 is 23.2 Å². The van der Waals surface area contributed by atoms with Gasteiger partial charge in [0.15, 0.2) is 0 Å². The lowest BCUT2D eigenvalue weighted by atomic mass is 9.89. The first-order valence-electron chi connectivity index (χ1n) is 13.1. The van der Waals surface area contributed by atoms with Gasteiger partial charge in [-0.2, -0.15) is 0 Å². The van der Waals surface area contributed by atoms with Crippen LogP contribution in [0.1, 0.15) is 46.8 Å². The summed E-state index contributed by atoms with van der Waals surface area (Å²) in [6.07, 6.45) is 6.56. The van der Waals surface area contributed by atoms with Gasteiger partial charge in [0.25, 0.3) is 11.8 Å². The summed E-state index contributed by atoms with van der Waals surface area (Å²) in [7, 11) is 2.05. The molecule has 9 heteroatoms. The van der Waals surface area contributed by atoms with E-state index >= 15 is 0 Å². The van der Waals surface area contributed by atoms with Crippen LogP contribution in [0.3, 0.4) is 0 Å². The molecule has 2 unspecified atom stereocenters. The normalized spacial score (nSPS) is 23.2. The molecular weight excluding hydrogens is 502 g/mol. The molecule has 1 fully saturated rings. The van der Waals surface area contributed by atoms with Gasteiger partial charge in [0.2, 0.25) is 5.60 Å². The van der Waals surface area contributed by atoms with Gasteiger partial charge in [0, 0.05) is 38.2 Å². The van der Waals surface area contributed by atoms with Gasteiger partial charge in [0.1, 0.15) is 17.2 Å². The molecular formula is C30H32F2N4O3. The number of amides is 2.